The van der Waals surface area contributed by atoms with Crippen molar-refractivity contribution in [3.05, 3.63) is 70.7 Å². The third-order valence-corrected chi connectivity index (χ3v) is 5.19. The Kier molecular flexibility index (Phi) is 6.21. The van der Waals surface area contributed by atoms with Gasteiger partial charge in [0, 0.05) is 16.6 Å². The van der Waals surface area contributed by atoms with Crippen molar-refractivity contribution in [2.75, 3.05) is 5.32 Å². The van der Waals surface area contributed by atoms with Crippen LogP contribution in [-0.4, -0.2) is 23.0 Å². The van der Waals surface area contributed by atoms with E-state index in [1.165, 1.54) is 16.9 Å². The molecular weight excluding hydrogens is 372 g/mol. The number of ether oxygens (including phenoxy) is 1. The van der Waals surface area contributed by atoms with E-state index in [4.69, 9.17) is 4.74 Å². The highest BCUT2D eigenvalue weighted by Gasteiger charge is 2.21. The molecule has 0 radical (unpaired) electrons. The van der Waals surface area contributed by atoms with Gasteiger partial charge < -0.3 is 10.1 Å². The minimum atomic E-state index is -0.928. The van der Waals surface area contributed by atoms with Crippen LogP contribution in [0, 0.1) is 6.92 Å². The number of hydrogen-bond acceptors (Lipinski definition) is 5. The SMILES string of the molecule is CCc1ccc(NC(=O)[C@H](C)OC(=O)c2csc(-c3ccc(C)cc3)n2)cc1. The van der Waals surface area contributed by atoms with E-state index in [-0.39, 0.29) is 11.6 Å². The molecule has 0 saturated heterocycles. The molecular formula is C22H22N2O3S. The number of esters is 1. The Morgan fingerprint density at radius 1 is 1.11 bits per heavy atom. The number of anilines is 1. The van der Waals surface area contributed by atoms with E-state index in [2.05, 4.69) is 17.2 Å². The zero-order valence-electron chi connectivity index (χ0n) is 16.1. The maximum absolute atomic E-state index is 12.3. The number of carbonyl (C=O) groups is 2. The Hall–Kier alpha value is -2.99. The summed E-state index contributed by atoms with van der Waals surface area (Å²) in [6.45, 7) is 5.62. The summed E-state index contributed by atoms with van der Waals surface area (Å²) in [5.41, 5.74) is 4.15. The normalized spacial score (nSPS) is 11.7. The van der Waals surface area contributed by atoms with Crippen LogP contribution in [0.5, 0.6) is 0 Å². The highest BCUT2D eigenvalue weighted by atomic mass is 32.1. The second-order valence-electron chi connectivity index (χ2n) is 6.49. The molecule has 0 unspecified atom stereocenters. The van der Waals surface area contributed by atoms with Gasteiger partial charge in [-0.3, -0.25) is 4.79 Å². The van der Waals surface area contributed by atoms with Crippen LogP contribution in [-0.2, 0) is 16.0 Å². The van der Waals surface area contributed by atoms with Crippen molar-refractivity contribution in [1.29, 1.82) is 0 Å². The quantitative estimate of drug-likeness (QED) is 0.606. The number of thiazole rings is 1. The van der Waals surface area contributed by atoms with E-state index in [0.29, 0.717) is 5.69 Å². The number of aryl methyl sites for hydroxylation is 2. The molecule has 3 rings (SSSR count). The third kappa shape index (κ3) is 4.84. The van der Waals surface area contributed by atoms with Crippen LogP contribution in [0.15, 0.2) is 53.9 Å². The van der Waals surface area contributed by atoms with Gasteiger partial charge in [-0.05, 0) is 38.0 Å². The topological polar surface area (TPSA) is 68.3 Å². The zero-order valence-corrected chi connectivity index (χ0v) is 16.9. The fourth-order valence-electron chi connectivity index (χ4n) is 2.54. The molecule has 0 aliphatic rings. The monoisotopic (exact) mass is 394 g/mol. The predicted molar refractivity (Wildman–Crippen MR) is 112 cm³/mol. The lowest BCUT2D eigenvalue weighted by atomic mass is 10.1. The van der Waals surface area contributed by atoms with Crippen molar-refractivity contribution < 1.29 is 14.3 Å². The van der Waals surface area contributed by atoms with Crippen molar-refractivity contribution in [3.8, 4) is 10.6 Å². The van der Waals surface area contributed by atoms with Crippen molar-refractivity contribution in [3.63, 3.8) is 0 Å². The van der Waals surface area contributed by atoms with Gasteiger partial charge in [-0.2, -0.15) is 0 Å². The molecule has 1 aromatic heterocycles. The molecule has 5 nitrogen and oxygen atoms in total. The first-order valence-electron chi connectivity index (χ1n) is 9.09. The minimum Gasteiger partial charge on any atom is -0.448 e. The molecule has 1 amide bonds. The Morgan fingerprint density at radius 2 is 1.79 bits per heavy atom. The van der Waals surface area contributed by atoms with Crippen LogP contribution >= 0.6 is 11.3 Å². The Bertz CT molecular complexity index is 962. The van der Waals surface area contributed by atoms with Crippen LogP contribution in [0.1, 0.15) is 35.5 Å². The highest BCUT2D eigenvalue weighted by Crippen LogP contribution is 2.24. The van der Waals surface area contributed by atoms with Gasteiger partial charge in [0.15, 0.2) is 11.8 Å². The summed E-state index contributed by atoms with van der Waals surface area (Å²) >= 11 is 1.37. The van der Waals surface area contributed by atoms with E-state index < -0.39 is 12.1 Å². The van der Waals surface area contributed by atoms with Gasteiger partial charge in [-0.15, -0.1) is 11.3 Å². The molecule has 0 fully saturated rings. The number of hydrogen-bond donors (Lipinski definition) is 1. The molecule has 144 valence electrons. The molecule has 1 heterocycles. The number of aromatic nitrogens is 1. The van der Waals surface area contributed by atoms with Gasteiger partial charge in [0.25, 0.3) is 5.91 Å². The van der Waals surface area contributed by atoms with Crippen molar-refractivity contribution in [2.45, 2.75) is 33.3 Å². The number of nitrogens with zero attached hydrogens (tertiary/aromatic N) is 1. The van der Waals surface area contributed by atoms with E-state index in [1.54, 1.807) is 12.3 Å². The van der Waals surface area contributed by atoms with Crippen LogP contribution in [0.2, 0.25) is 0 Å². The van der Waals surface area contributed by atoms with Gasteiger partial charge in [0.2, 0.25) is 0 Å². The lowest BCUT2D eigenvalue weighted by molar-refractivity contribution is -0.123. The Balaban J connectivity index is 1.60. The lowest BCUT2D eigenvalue weighted by Gasteiger charge is -2.13. The summed E-state index contributed by atoms with van der Waals surface area (Å²) in [7, 11) is 0. The first-order valence-corrected chi connectivity index (χ1v) is 9.97. The van der Waals surface area contributed by atoms with E-state index in [9.17, 15) is 9.59 Å². The molecule has 0 saturated carbocycles. The molecule has 2 aromatic carbocycles. The molecule has 3 aromatic rings. The standard InChI is InChI=1S/C22H22N2O3S/c1-4-16-7-11-18(12-8-16)23-20(25)15(3)27-22(26)19-13-28-21(24-19)17-9-5-14(2)6-10-17/h5-13,15H,4H2,1-3H3,(H,23,25)/t15-/m0/s1. The van der Waals surface area contributed by atoms with Crippen LogP contribution < -0.4 is 5.32 Å². The van der Waals surface area contributed by atoms with Gasteiger partial charge in [-0.25, -0.2) is 9.78 Å². The fraction of sp³-hybridized carbons (Fsp3) is 0.227. The summed E-state index contributed by atoms with van der Waals surface area (Å²) < 4.78 is 5.28. The van der Waals surface area contributed by atoms with Crippen LogP contribution in [0.3, 0.4) is 0 Å². The van der Waals surface area contributed by atoms with Crippen LogP contribution in [0.4, 0.5) is 5.69 Å². The maximum atomic E-state index is 12.3. The molecule has 1 N–H and O–H groups in total. The summed E-state index contributed by atoms with van der Waals surface area (Å²) in [4.78, 5) is 29.0. The largest absolute Gasteiger partial charge is 0.448 e. The van der Waals surface area contributed by atoms with Crippen LogP contribution in [0.25, 0.3) is 10.6 Å². The second-order valence-corrected chi connectivity index (χ2v) is 7.35. The van der Waals surface area contributed by atoms with Gasteiger partial charge >= 0.3 is 5.97 Å². The number of rotatable bonds is 6. The molecule has 6 heteroatoms. The first-order chi connectivity index (χ1) is 13.5. The molecule has 1 atom stereocenters. The molecule has 0 bridgehead atoms. The predicted octanol–water partition coefficient (Wildman–Crippen LogP) is 4.86. The number of benzene rings is 2. The molecule has 0 aliphatic heterocycles. The molecule has 0 aliphatic carbocycles. The van der Waals surface area contributed by atoms with E-state index in [1.807, 2.05) is 55.5 Å². The van der Waals surface area contributed by atoms with Crippen molar-refractivity contribution in [1.82, 2.24) is 4.98 Å². The Labute approximate surface area is 168 Å². The second kappa shape index (κ2) is 8.80. The fourth-order valence-corrected chi connectivity index (χ4v) is 3.33. The van der Waals surface area contributed by atoms with E-state index in [0.717, 1.165) is 22.6 Å². The van der Waals surface area contributed by atoms with Gasteiger partial charge in [0.05, 0.1) is 0 Å². The van der Waals surface area contributed by atoms with E-state index >= 15 is 0 Å². The average Bonchev–Trinajstić information content (AvgIpc) is 3.19. The summed E-state index contributed by atoms with van der Waals surface area (Å²) in [5, 5.41) is 5.13. The van der Waals surface area contributed by atoms with Crippen molar-refractivity contribution >= 4 is 28.9 Å². The summed E-state index contributed by atoms with van der Waals surface area (Å²) in [5.74, 6) is -0.995. The lowest BCUT2D eigenvalue weighted by Crippen LogP contribution is -2.30. The average molecular weight is 394 g/mol. The van der Waals surface area contributed by atoms with Crippen molar-refractivity contribution in [2.24, 2.45) is 0 Å². The smallest absolute Gasteiger partial charge is 0.358 e. The van der Waals surface area contributed by atoms with Gasteiger partial charge in [-0.1, -0.05) is 48.9 Å². The highest BCUT2D eigenvalue weighted by molar-refractivity contribution is 7.13. The number of carbonyl (C=O) groups excluding carboxylic acids is 2. The third-order valence-electron chi connectivity index (χ3n) is 4.29. The maximum Gasteiger partial charge on any atom is 0.358 e. The minimum absolute atomic E-state index is 0.201. The Morgan fingerprint density at radius 3 is 2.43 bits per heavy atom. The zero-order chi connectivity index (χ0) is 20.1. The summed E-state index contributed by atoms with van der Waals surface area (Å²) in [6, 6.07) is 15.5. The number of amides is 1. The molecule has 28 heavy (non-hydrogen) atoms. The van der Waals surface area contributed by atoms with Gasteiger partial charge in [0.1, 0.15) is 5.01 Å². The molecule has 0 spiro atoms. The summed E-state index contributed by atoms with van der Waals surface area (Å²) in [6.07, 6.45) is 0.00312. The number of nitrogens with one attached hydrogen (secondary N) is 1. The first kappa shape index (κ1) is 19.8.